The highest BCUT2D eigenvalue weighted by Crippen LogP contribution is 2.20. The largest absolute Gasteiger partial charge is 0.378 e. The number of hydrogen-bond donors (Lipinski definition) is 1. The van der Waals surface area contributed by atoms with Crippen molar-refractivity contribution in [3.8, 4) is 0 Å². The summed E-state index contributed by atoms with van der Waals surface area (Å²) in [5.41, 5.74) is 4.60. The highest BCUT2D eigenvalue weighted by atomic mass is 16.5. The Morgan fingerprint density at radius 1 is 1.04 bits per heavy atom. The first-order valence-electron chi connectivity index (χ1n) is 8.99. The van der Waals surface area contributed by atoms with Crippen LogP contribution in [0.1, 0.15) is 16.7 Å². The number of morpholine rings is 1. The predicted octanol–water partition coefficient (Wildman–Crippen LogP) is 2.46. The molecule has 1 fully saturated rings. The molecule has 4 rings (SSSR count). The maximum atomic E-state index is 5.37. The molecule has 1 aliphatic rings. The van der Waals surface area contributed by atoms with Crippen LogP contribution in [0.25, 0.3) is 10.9 Å². The van der Waals surface area contributed by atoms with Crippen molar-refractivity contribution >= 4 is 16.9 Å². The van der Waals surface area contributed by atoms with Gasteiger partial charge in [-0.15, -0.1) is 0 Å². The number of ether oxygens (including phenoxy) is 1. The van der Waals surface area contributed by atoms with Gasteiger partial charge in [-0.2, -0.15) is 0 Å². The zero-order chi connectivity index (χ0) is 17.8. The van der Waals surface area contributed by atoms with Gasteiger partial charge in [-0.05, 0) is 24.1 Å². The monoisotopic (exact) mass is 349 g/mol. The van der Waals surface area contributed by atoms with Crippen LogP contribution in [0.5, 0.6) is 0 Å². The summed E-state index contributed by atoms with van der Waals surface area (Å²) in [6.07, 6.45) is 5.65. The second-order valence-corrected chi connectivity index (χ2v) is 6.54. The van der Waals surface area contributed by atoms with E-state index >= 15 is 0 Å². The van der Waals surface area contributed by atoms with Crippen molar-refractivity contribution in [3.63, 3.8) is 0 Å². The van der Waals surface area contributed by atoms with Crippen LogP contribution in [0.2, 0.25) is 0 Å². The Morgan fingerprint density at radius 3 is 2.65 bits per heavy atom. The van der Waals surface area contributed by atoms with Crippen LogP contribution in [0, 0.1) is 6.92 Å². The number of pyridine rings is 1. The lowest BCUT2D eigenvalue weighted by atomic mass is 10.0. The van der Waals surface area contributed by atoms with Gasteiger partial charge in [0.05, 0.1) is 18.7 Å². The van der Waals surface area contributed by atoms with Gasteiger partial charge in [0.25, 0.3) is 0 Å². The summed E-state index contributed by atoms with van der Waals surface area (Å²) in [5.74, 6) is 0.783. The van der Waals surface area contributed by atoms with E-state index in [0.29, 0.717) is 0 Å². The van der Waals surface area contributed by atoms with Crippen molar-refractivity contribution in [2.24, 2.45) is 0 Å². The smallest absolute Gasteiger partial charge is 0.225 e. The second-order valence-electron chi connectivity index (χ2n) is 6.54. The molecule has 26 heavy (non-hydrogen) atoms. The van der Waals surface area contributed by atoms with Crippen LogP contribution in [-0.4, -0.2) is 41.3 Å². The van der Waals surface area contributed by atoms with Crippen molar-refractivity contribution in [2.75, 3.05) is 31.2 Å². The number of anilines is 1. The molecular formula is C20H23N5O. The number of nitrogens with one attached hydrogen (secondary N) is 1. The summed E-state index contributed by atoms with van der Waals surface area (Å²) in [4.78, 5) is 15.7. The Kier molecular flexibility index (Phi) is 5.04. The molecule has 134 valence electrons. The molecule has 1 aliphatic heterocycles. The molecule has 1 saturated heterocycles. The Morgan fingerprint density at radius 2 is 1.85 bits per heavy atom. The van der Waals surface area contributed by atoms with Gasteiger partial charge in [0.2, 0.25) is 5.95 Å². The van der Waals surface area contributed by atoms with E-state index in [1.54, 1.807) is 0 Å². The highest BCUT2D eigenvalue weighted by Gasteiger charge is 2.13. The predicted molar refractivity (Wildman–Crippen MR) is 102 cm³/mol. The number of aromatic nitrogens is 3. The Balaban J connectivity index is 1.38. The summed E-state index contributed by atoms with van der Waals surface area (Å²) >= 11 is 0. The number of fused-ring (bicyclic) bond motifs is 1. The highest BCUT2D eigenvalue weighted by molar-refractivity contribution is 5.84. The fraction of sp³-hybridized carbons (Fsp3) is 0.350. The minimum Gasteiger partial charge on any atom is -0.378 e. The first-order chi connectivity index (χ1) is 12.8. The molecule has 0 atom stereocenters. The quantitative estimate of drug-likeness (QED) is 0.763. The molecule has 0 saturated carbocycles. The Bertz CT molecular complexity index is 875. The summed E-state index contributed by atoms with van der Waals surface area (Å²) < 4.78 is 5.37. The molecule has 0 aliphatic carbocycles. The normalized spacial score (nSPS) is 14.7. The van der Waals surface area contributed by atoms with Crippen LogP contribution in [-0.2, 0) is 17.8 Å². The van der Waals surface area contributed by atoms with Crippen molar-refractivity contribution in [1.29, 1.82) is 0 Å². The van der Waals surface area contributed by atoms with Gasteiger partial charge in [-0.25, -0.2) is 9.97 Å². The van der Waals surface area contributed by atoms with Gasteiger partial charge in [-0.3, -0.25) is 4.98 Å². The maximum absolute atomic E-state index is 5.37. The molecule has 3 heterocycles. The molecule has 0 unspecified atom stereocenters. The first kappa shape index (κ1) is 16.9. The van der Waals surface area contributed by atoms with Crippen LogP contribution < -0.4 is 10.2 Å². The fourth-order valence-electron chi connectivity index (χ4n) is 3.22. The molecule has 1 aromatic carbocycles. The van der Waals surface area contributed by atoms with Gasteiger partial charge in [0, 0.05) is 55.7 Å². The third-order valence-electron chi connectivity index (χ3n) is 4.70. The topological polar surface area (TPSA) is 63.2 Å². The SMILES string of the molecule is Cc1ccc(CNCc2cnc(N3CCOCC3)nc2)c2ncccc12. The third kappa shape index (κ3) is 3.66. The lowest BCUT2D eigenvalue weighted by Crippen LogP contribution is -2.37. The van der Waals surface area contributed by atoms with E-state index in [0.717, 1.165) is 56.4 Å². The number of rotatable bonds is 5. The molecule has 0 bridgehead atoms. The minimum atomic E-state index is 0.728. The standard InChI is InChI=1S/C20H23N5O/c1-15-4-5-17(19-18(15)3-2-6-22-19)14-21-11-16-12-23-20(24-13-16)25-7-9-26-10-8-25/h2-6,12-13,21H,7-11,14H2,1H3. The van der Waals surface area contributed by atoms with Crippen molar-refractivity contribution in [3.05, 3.63) is 59.5 Å². The van der Waals surface area contributed by atoms with E-state index in [4.69, 9.17) is 4.74 Å². The Hall–Kier alpha value is -2.57. The minimum absolute atomic E-state index is 0.728. The fourth-order valence-corrected chi connectivity index (χ4v) is 3.22. The van der Waals surface area contributed by atoms with Crippen molar-refractivity contribution in [1.82, 2.24) is 20.3 Å². The lowest BCUT2D eigenvalue weighted by Gasteiger charge is -2.26. The lowest BCUT2D eigenvalue weighted by molar-refractivity contribution is 0.122. The molecule has 6 heteroatoms. The van der Waals surface area contributed by atoms with Gasteiger partial charge < -0.3 is 15.0 Å². The maximum Gasteiger partial charge on any atom is 0.225 e. The first-order valence-corrected chi connectivity index (χ1v) is 8.99. The average molecular weight is 349 g/mol. The van der Waals surface area contributed by atoms with Crippen molar-refractivity contribution < 1.29 is 4.74 Å². The van der Waals surface area contributed by atoms with Crippen LogP contribution in [0.4, 0.5) is 5.95 Å². The zero-order valence-electron chi connectivity index (χ0n) is 15.0. The summed E-state index contributed by atoms with van der Waals surface area (Å²) in [5, 5.41) is 4.69. The number of nitrogens with zero attached hydrogens (tertiary/aromatic N) is 4. The van der Waals surface area contributed by atoms with Gasteiger partial charge in [0.15, 0.2) is 0 Å². The van der Waals surface area contributed by atoms with Gasteiger partial charge in [-0.1, -0.05) is 18.2 Å². The number of benzene rings is 1. The van der Waals surface area contributed by atoms with Crippen LogP contribution in [0.15, 0.2) is 42.9 Å². The molecule has 0 amide bonds. The number of hydrogen-bond acceptors (Lipinski definition) is 6. The molecular weight excluding hydrogens is 326 g/mol. The summed E-state index contributed by atoms with van der Waals surface area (Å²) in [6, 6.07) is 8.41. The molecule has 3 aromatic rings. The van der Waals surface area contributed by atoms with E-state index in [-0.39, 0.29) is 0 Å². The van der Waals surface area contributed by atoms with Crippen LogP contribution in [0.3, 0.4) is 0 Å². The molecule has 1 N–H and O–H groups in total. The molecule has 6 nitrogen and oxygen atoms in total. The number of aryl methyl sites for hydroxylation is 1. The van der Waals surface area contributed by atoms with Crippen molar-refractivity contribution in [2.45, 2.75) is 20.0 Å². The second kappa shape index (κ2) is 7.76. The van der Waals surface area contributed by atoms with Gasteiger partial charge >= 0.3 is 0 Å². The zero-order valence-corrected chi connectivity index (χ0v) is 15.0. The van der Waals surface area contributed by atoms with Crippen LogP contribution >= 0.6 is 0 Å². The average Bonchev–Trinajstić information content (AvgIpc) is 2.71. The van der Waals surface area contributed by atoms with Gasteiger partial charge in [0.1, 0.15) is 0 Å². The van der Waals surface area contributed by atoms with E-state index in [1.807, 2.05) is 24.7 Å². The van der Waals surface area contributed by atoms with E-state index < -0.39 is 0 Å². The molecule has 2 aromatic heterocycles. The van der Waals surface area contributed by atoms with E-state index in [9.17, 15) is 0 Å². The summed E-state index contributed by atoms with van der Waals surface area (Å²) in [7, 11) is 0. The summed E-state index contributed by atoms with van der Waals surface area (Å²) in [6.45, 7) is 6.80. The molecule has 0 radical (unpaired) electrons. The Labute approximate surface area is 153 Å². The third-order valence-corrected chi connectivity index (χ3v) is 4.70. The van der Waals surface area contributed by atoms with E-state index in [2.05, 4.69) is 50.3 Å². The van der Waals surface area contributed by atoms with E-state index in [1.165, 1.54) is 16.5 Å². The molecule has 0 spiro atoms.